The normalized spacial score (nSPS) is 12.3. The van der Waals surface area contributed by atoms with Crippen molar-refractivity contribution in [2.75, 3.05) is 0 Å². The summed E-state index contributed by atoms with van der Waals surface area (Å²) in [6.45, 7) is 8.71. The topological polar surface area (TPSA) is 13.1 Å². The number of para-hydroxylation sites is 1. The van der Waals surface area contributed by atoms with Crippen molar-refractivity contribution in [1.82, 2.24) is 0 Å². The van der Waals surface area contributed by atoms with Gasteiger partial charge in [-0.1, -0.05) is 39.0 Å². The Morgan fingerprint density at radius 1 is 1.14 bits per heavy atom. The summed E-state index contributed by atoms with van der Waals surface area (Å²) in [5, 5.41) is 1.25. The van der Waals surface area contributed by atoms with Crippen LogP contribution in [0.25, 0.3) is 11.0 Å². The van der Waals surface area contributed by atoms with Gasteiger partial charge in [0.1, 0.15) is 5.58 Å². The maximum absolute atomic E-state index is 5.61. The number of hydrogen-bond donors (Lipinski definition) is 0. The maximum Gasteiger partial charge on any atom is 0.137 e. The predicted molar refractivity (Wildman–Crippen MR) is 59.7 cm³/mol. The second-order valence-electron chi connectivity index (χ2n) is 4.85. The minimum absolute atomic E-state index is 0.152. The van der Waals surface area contributed by atoms with Gasteiger partial charge >= 0.3 is 0 Å². The van der Waals surface area contributed by atoms with Crippen LogP contribution in [0.4, 0.5) is 0 Å². The quantitative estimate of drug-likeness (QED) is 0.608. The summed E-state index contributed by atoms with van der Waals surface area (Å²) in [4.78, 5) is 0. The number of hydrogen-bond acceptors (Lipinski definition) is 1. The molecule has 1 aromatic heterocycles. The third-order valence-corrected chi connectivity index (χ3v) is 2.60. The molecule has 0 amide bonds. The van der Waals surface area contributed by atoms with Gasteiger partial charge in [0.15, 0.2) is 0 Å². The molecule has 0 unspecified atom stereocenters. The molecule has 2 rings (SSSR count). The summed E-state index contributed by atoms with van der Waals surface area (Å²) in [6.07, 6.45) is 1.89. The first-order chi connectivity index (χ1) is 6.50. The molecule has 2 aromatic rings. The third kappa shape index (κ3) is 1.33. The van der Waals surface area contributed by atoms with Gasteiger partial charge in [-0.2, -0.15) is 0 Å². The van der Waals surface area contributed by atoms with Crippen molar-refractivity contribution in [3.8, 4) is 0 Å². The first kappa shape index (κ1) is 9.32. The van der Waals surface area contributed by atoms with Crippen LogP contribution >= 0.6 is 0 Å². The fraction of sp³-hybridized carbons (Fsp3) is 0.385. The van der Waals surface area contributed by atoms with Gasteiger partial charge in [0.25, 0.3) is 0 Å². The van der Waals surface area contributed by atoms with E-state index in [9.17, 15) is 0 Å². The molecule has 1 aromatic carbocycles. The van der Waals surface area contributed by atoms with Crippen LogP contribution in [0.1, 0.15) is 31.9 Å². The minimum atomic E-state index is 0.152. The first-order valence-corrected chi connectivity index (χ1v) is 4.97. The molecule has 0 fully saturated rings. The Balaban J connectivity index is 2.76. The summed E-state index contributed by atoms with van der Waals surface area (Å²) in [5.74, 6) is 0. The third-order valence-electron chi connectivity index (χ3n) is 2.60. The van der Waals surface area contributed by atoms with E-state index in [2.05, 4.69) is 45.9 Å². The van der Waals surface area contributed by atoms with Crippen LogP contribution in [-0.4, -0.2) is 0 Å². The molecule has 1 heterocycles. The summed E-state index contributed by atoms with van der Waals surface area (Å²) in [6, 6.07) is 6.30. The van der Waals surface area contributed by atoms with Gasteiger partial charge in [0.05, 0.1) is 6.26 Å². The zero-order chi connectivity index (χ0) is 10.3. The van der Waals surface area contributed by atoms with E-state index < -0.39 is 0 Å². The van der Waals surface area contributed by atoms with Gasteiger partial charge in [-0.15, -0.1) is 0 Å². The lowest BCUT2D eigenvalue weighted by Gasteiger charge is -2.16. The Hall–Kier alpha value is -1.24. The molecule has 0 aliphatic heterocycles. The van der Waals surface area contributed by atoms with Crippen molar-refractivity contribution < 1.29 is 4.42 Å². The highest BCUT2D eigenvalue weighted by molar-refractivity contribution is 5.84. The fourth-order valence-corrected chi connectivity index (χ4v) is 1.78. The van der Waals surface area contributed by atoms with E-state index in [1.54, 1.807) is 0 Å². The Morgan fingerprint density at radius 3 is 2.50 bits per heavy atom. The molecule has 74 valence electrons. The van der Waals surface area contributed by atoms with Crippen LogP contribution in [0, 0.1) is 6.92 Å². The molecular formula is C13H16O. The highest BCUT2D eigenvalue weighted by Crippen LogP contribution is 2.32. The van der Waals surface area contributed by atoms with Crippen LogP contribution in [-0.2, 0) is 5.41 Å². The molecule has 1 nitrogen and oxygen atoms in total. The molecule has 0 spiro atoms. The Kier molecular flexibility index (Phi) is 1.91. The van der Waals surface area contributed by atoms with Crippen LogP contribution in [0.2, 0.25) is 0 Å². The van der Waals surface area contributed by atoms with Gasteiger partial charge in [-0.05, 0) is 17.9 Å². The summed E-state index contributed by atoms with van der Waals surface area (Å²) < 4.78 is 5.61. The number of benzene rings is 1. The van der Waals surface area contributed by atoms with Crippen molar-refractivity contribution in [1.29, 1.82) is 0 Å². The molecule has 1 heteroatoms. The zero-order valence-electron chi connectivity index (χ0n) is 9.22. The second kappa shape index (κ2) is 2.88. The average Bonchev–Trinajstić information content (AvgIpc) is 2.47. The van der Waals surface area contributed by atoms with Crippen LogP contribution in [0.5, 0.6) is 0 Å². The lowest BCUT2D eigenvalue weighted by atomic mass is 9.87. The lowest BCUT2D eigenvalue weighted by molar-refractivity contribution is 0.556. The fourth-order valence-electron chi connectivity index (χ4n) is 1.78. The van der Waals surface area contributed by atoms with E-state index in [4.69, 9.17) is 4.42 Å². The molecule has 0 saturated heterocycles. The van der Waals surface area contributed by atoms with E-state index in [1.807, 2.05) is 6.26 Å². The molecule has 14 heavy (non-hydrogen) atoms. The molecular weight excluding hydrogens is 172 g/mol. The largest absolute Gasteiger partial charge is 0.464 e. The van der Waals surface area contributed by atoms with Gasteiger partial charge < -0.3 is 4.42 Å². The Morgan fingerprint density at radius 2 is 1.86 bits per heavy atom. The van der Waals surface area contributed by atoms with Crippen molar-refractivity contribution in [2.24, 2.45) is 0 Å². The summed E-state index contributed by atoms with van der Waals surface area (Å²) in [7, 11) is 0. The van der Waals surface area contributed by atoms with Gasteiger partial charge in [-0.3, -0.25) is 0 Å². The average molecular weight is 188 g/mol. The van der Waals surface area contributed by atoms with E-state index in [-0.39, 0.29) is 5.41 Å². The molecule has 0 aliphatic carbocycles. The van der Waals surface area contributed by atoms with Crippen molar-refractivity contribution in [3.63, 3.8) is 0 Å². The minimum Gasteiger partial charge on any atom is -0.464 e. The van der Waals surface area contributed by atoms with Gasteiger partial charge in [-0.25, -0.2) is 0 Å². The lowest BCUT2D eigenvalue weighted by Crippen LogP contribution is -2.09. The maximum atomic E-state index is 5.61. The molecule has 0 atom stereocenters. The standard InChI is InChI=1S/C13H16O/c1-9-6-5-7-10-11(13(2,3)4)8-14-12(9)10/h5-8H,1-4H3. The van der Waals surface area contributed by atoms with Crippen molar-refractivity contribution in [3.05, 3.63) is 35.6 Å². The van der Waals surface area contributed by atoms with Crippen LogP contribution < -0.4 is 0 Å². The van der Waals surface area contributed by atoms with Gasteiger partial charge in [0.2, 0.25) is 0 Å². The Labute approximate surface area is 84.7 Å². The molecule has 0 saturated carbocycles. The van der Waals surface area contributed by atoms with Crippen molar-refractivity contribution >= 4 is 11.0 Å². The highest BCUT2D eigenvalue weighted by Gasteiger charge is 2.19. The predicted octanol–water partition coefficient (Wildman–Crippen LogP) is 4.04. The van der Waals surface area contributed by atoms with Crippen molar-refractivity contribution in [2.45, 2.75) is 33.1 Å². The highest BCUT2D eigenvalue weighted by atomic mass is 16.3. The monoisotopic (exact) mass is 188 g/mol. The SMILES string of the molecule is Cc1cccc2c(C(C)(C)C)coc12. The Bertz CT molecular complexity index is 458. The first-order valence-electron chi connectivity index (χ1n) is 4.97. The van der Waals surface area contributed by atoms with E-state index in [0.29, 0.717) is 0 Å². The smallest absolute Gasteiger partial charge is 0.137 e. The number of rotatable bonds is 0. The van der Waals surface area contributed by atoms with E-state index >= 15 is 0 Å². The summed E-state index contributed by atoms with van der Waals surface area (Å²) >= 11 is 0. The van der Waals surface area contributed by atoms with Crippen LogP contribution in [0.3, 0.4) is 0 Å². The number of furan rings is 1. The van der Waals surface area contributed by atoms with Crippen LogP contribution in [0.15, 0.2) is 28.9 Å². The van der Waals surface area contributed by atoms with Gasteiger partial charge in [0, 0.05) is 10.9 Å². The molecule has 0 N–H and O–H groups in total. The number of fused-ring (bicyclic) bond motifs is 1. The second-order valence-corrected chi connectivity index (χ2v) is 4.85. The van der Waals surface area contributed by atoms with E-state index in [0.717, 1.165) is 5.58 Å². The molecule has 0 aliphatic rings. The number of aryl methyl sites for hydroxylation is 1. The zero-order valence-corrected chi connectivity index (χ0v) is 9.22. The molecule has 0 radical (unpaired) electrons. The van der Waals surface area contributed by atoms with E-state index in [1.165, 1.54) is 16.5 Å². The molecule has 0 bridgehead atoms. The summed E-state index contributed by atoms with van der Waals surface area (Å²) in [5.41, 5.74) is 3.67.